The van der Waals surface area contributed by atoms with Crippen LogP contribution in [-0.4, -0.2) is 25.2 Å². The molecule has 1 N–H and O–H groups in total. The number of likely N-dealkylation sites (N-methyl/N-ethyl adjacent to an activating group) is 1. The van der Waals surface area contributed by atoms with Crippen LogP contribution in [0.4, 0.5) is 5.69 Å². The van der Waals surface area contributed by atoms with Crippen LogP contribution in [0.3, 0.4) is 0 Å². The molecule has 4 nitrogen and oxygen atoms in total. The van der Waals surface area contributed by atoms with Gasteiger partial charge in [-0.15, -0.1) is 0 Å². The van der Waals surface area contributed by atoms with E-state index in [1.807, 2.05) is 26.0 Å². The van der Waals surface area contributed by atoms with Crippen molar-refractivity contribution in [2.45, 2.75) is 20.0 Å². The molecule has 0 saturated carbocycles. The summed E-state index contributed by atoms with van der Waals surface area (Å²) < 4.78 is 4.60. The molecule has 102 valence electrons. The second-order valence-corrected chi connectivity index (χ2v) is 5.03. The normalized spacial score (nSPS) is 20.3. The molecule has 1 heterocycles. The van der Waals surface area contributed by atoms with Gasteiger partial charge in [-0.25, -0.2) is 4.79 Å². The molecule has 1 aliphatic heterocycles. The number of rotatable bonds is 1. The lowest BCUT2D eigenvalue weighted by Crippen LogP contribution is -2.18. The van der Waals surface area contributed by atoms with Crippen molar-refractivity contribution in [3.63, 3.8) is 0 Å². The van der Waals surface area contributed by atoms with E-state index >= 15 is 0 Å². The number of ether oxygens (including phenoxy) is 1. The maximum absolute atomic E-state index is 11.5. The van der Waals surface area contributed by atoms with Crippen molar-refractivity contribution in [2.75, 3.05) is 19.1 Å². The minimum absolute atomic E-state index is 0.0935. The number of hydrogen-bond donors (Lipinski definition) is 1. The van der Waals surface area contributed by atoms with Gasteiger partial charge in [-0.05, 0) is 31.0 Å². The van der Waals surface area contributed by atoms with Gasteiger partial charge in [0, 0.05) is 18.3 Å². The zero-order valence-corrected chi connectivity index (χ0v) is 12.1. The van der Waals surface area contributed by atoms with Gasteiger partial charge in [-0.3, -0.25) is 0 Å². The summed E-state index contributed by atoms with van der Waals surface area (Å²) >= 11 is 6.00. The number of benzene rings is 1. The Balaban J connectivity index is 2.59. The van der Waals surface area contributed by atoms with Crippen LogP contribution < -0.4 is 4.90 Å². The van der Waals surface area contributed by atoms with Gasteiger partial charge in [-0.1, -0.05) is 17.7 Å². The van der Waals surface area contributed by atoms with Crippen LogP contribution >= 0.6 is 11.6 Å². The second kappa shape index (κ2) is 4.87. The minimum atomic E-state index is -0.911. The largest absolute Gasteiger partial charge is 0.465 e. The molecule has 1 aliphatic rings. The smallest absolute Gasteiger partial charge is 0.351 e. The first-order valence-corrected chi connectivity index (χ1v) is 6.27. The zero-order valence-electron chi connectivity index (χ0n) is 11.3. The summed E-state index contributed by atoms with van der Waals surface area (Å²) in [6.07, 6.45) is -0.911. The molecule has 2 rings (SSSR count). The van der Waals surface area contributed by atoms with Gasteiger partial charge in [0.15, 0.2) is 0 Å². The first-order chi connectivity index (χ1) is 8.88. The number of carbonyl (C=O) groups is 1. The highest BCUT2D eigenvalue weighted by atomic mass is 35.5. The van der Waals surface area contributed by atoms with E-state index in [1.54, 1.807) is 11.9 Å². The fraction of sp³-hybridized carbons (Fsp3) is 0.357. The molecule has 0 aliphatic carbocycles. The van der Waals surface area contributed by atoms with E-state index in [-0.39, 0.29) is 5.03 Å². The molecule has 1 atom stereocenters. The summed E-state index contributed by atoms with van der Waals surface area (Å²) in [7, 11) is 3.03. The first kappa shape index (κ1) is 13.9. The van der Waals surface area contributed by atoms with E-state index in [2.05, 4.69) is 4.74 Å². The van der Waals surface area contributed by atoms with Crippen molar-refractivity contribution in [2.24, 2.45) is 0 Å². The second-order valence-electron chi connectivity index (χ2n) is 4.65. The molecule has 5 heteroatoms. The van der Waals surface area contributed by atoms with Gasteiger partial charge >= 0.3 is 5.97 Å². The maximum atomic E-state index is 11.5. The van der Waals surface area contributed by atoms with E-state index in [4.69, 9.17) is 11.6 Å². The van der Waals surface area contributed by atoms with E-state index in [0.717, 1.165) is 22.4 Å². The van der Waals surface area contributed by atoms with Gasteiger partial charge in [0.05, 0.1) is 12.8 Å². The number of methoxy groups -OCH3 is 1. The van der Waals surface area contributed by atoms with E-state index in [9.17, 15) is 9.90 Å². The number of nitrogens with zero attached hydrogens (tertiary/aromatic N) is 1. The number of hydrogen-bond acceptors (Lipinski definition) is 4. The number of fused-ring (bicyclic) bond motifs is 1. The van der Waals surface area contributed by atoms with Crippen LogP contribution in [0.5, 0.6) is 0 Å². The van der Waals surface area contributed by atoms with Gasteiger partial charge in [0.2, 0.25) is 0 Å². The molecule has 1 unspecified atom stereocenters. The predicted molar refractivity (Wildman–Crippen MR) is 74.2 cm³/mol. The Hall–Kier alpha value is -1.52. The Bertz CT molecular complexity index is 543. The molecule has 0 amide bonds. The van der Waals surface area contributed by atoms with Crippen LogP contribution in [0.25, 0.3) is 0 Å². The van der Waals surface area contributed by atoms with Crippen LogP contribution in [-0.2, 0) is 9.53 Å². The lowest BCUT2D eigenvalue weighted by molar-refractivity contribution is -0.135. The van der Waals surface area contributed by atoms with Gasteiger partial charge in [-0.2, -0.15) is 0 Å². The van der Waals surface area contributed by atoms with Crippen molar-refractivity contribution in [3.8, 4) is 0 Å². The van der Waals surface area contributed by atoms with E-state index in [0.29, 0.717) is 5.70 Å². The van der Waals surface area contributed by atoms with Crippen LogP contribution in [0, 0.1) is 13.8 Å². The Morgan fingerprint density at radius 1 is 1.37 bits per heavy atom. The molecular formula is C14H16ClNO3. The summed E-state index contributed by atoms with van der Waals surface area (Å²) in [5, 5.41) is 10.3. The van der Waals surface area contributed by atoms with Gasteiger partial charge in [0.1, 0.15) is 11.1 Å². The lowest BCUT2D eigenvalue weighted by atomic mass is 10.0. The number of halogens is 1. The molecule has 0 radical (unpaired) electrons. The molecular weight excluding hydrogens is 266 g/mol. The van der Waals surface area contributed by atoms with Crippen molar-refractivity contribution < 1.29 is 14.6 Å². The Morgan fingerprint density at radius 2 is 1.95 bits per heavy atom. The van der Waals surface area contributed by atoms with Crippen molar-refractivity contribution in [1.82, 2.24) is 0 Å². The topological polar surface area (TPSA) is 49.8 Å². The molecule has 19 heavy (non-hydrogen) atoms. The van der Waals surface area contributed by atoms with Crippen LogP contribution in [0.2, 0.25) is 0 Å². The third kappa shape index (κ3) is 2.11. The highest BCUT2D eigenvalue weighted by Crippen LogP contribution is 2.44. The molecule has 0 bridgehead atoms. The predicted octanol–water partition coefficient (Wildman–Crippen LogP) is 2.41. The average Bonchev–Trinajstić information content (AvgIpc) is 2.61. The van der Waals surface area contributed by atoms with Gasteiger partial charge < -0.3 is 14.7 Å². The maximum Gasteiger partial charge on any atom is 0.351 e. The van der Waals surface area contributed by atoms with Crippen molar-refractivity contribution in [1.29, 1.82) is 0 Å². The minimum Gasteiger partial charge on any atom is -0.465 e. The highest BCUT2D eigenvalue weighted by molar-refractivity contribution is 6.42. The summed E-state index contributed by atoms with van der Waals surface area (Å²) in [4.78, 5) is 13.3. The van der Waals surface area contributed by atoms with E-state index < -0.39 is 12.1 Å². The molecule has 0 saturated heterocycles. The van der Waals surface area contributed by atoms with Crippen LogP contribution in [0.15, 0.2) is 22.9 Å². The quantitative estimate of drug-likeness (QED) is 0.634. The first-order valence-electron chi connectivity index (χ1n) is 5.89. The summed E-state index contributed by atoms with van der Waals surface area (Å²) in [6, 6.07) is 3.89. The summed E-state index contributed by atoms with van der Waals surface area (Å²) in [5.74, 6) is -0.649. The van der Waals surface area contributed by atoms with Crippen LogP contribution in [0.1, 0.15) is 22.8 Å². The summed E-state index contributed by atoms with van der Waals surface area (Å²) in [6.45, 7) is 3.98. The SMILES string of the molecule is COC(=O)C(Cl)=C1C(O)c2cc(C)c(C)cc2N1C. The number of carbonyl (C=O) groups excluding carboxylic acids is 1. The monoisotopic (exact) mass is 281 g/mol. The number of aryl methyl sites for hydroxylation is 2. The molecule has 0 aromatic heterocycles. The van der Waals surface area contributed by atoms with Crippen molar-refractivity contribution in [3.05, 3.63) is 39.6 Å². The highest BCUT2D eigenvalue weighted by Gasteiger charge is 2.34. The fourth-order valence-electron chi connectivity index (χ4n) is 2.25. The molecule has 1 aromatic rings. The summed E-state index contributed by atoms with van der Waals surface area (Å²) in [5.41, 5.74) is 4.17. The van der Waals surface area contributed by atoms with E-state index in [1.165, 1.54) is 7.11 Å². The lowest BCUT2D eigenvalue weighted by Gasteiger charge is -2.17. The number of aliphatic hydroxyl groups excluding tert-OH is 1. The Morgan fingerprint density at radius 3 is 2.53 bits per heavy atom. The average molecular weight is 282 g/mol. The van der Waals surface area contributed by atoms with Crippen molar-refractivity contribution >= 4 is 23.3 Å². The third-order valence-corrected chi connectivity index (χ3v) is 3.86. The Kier molecular flexibility index (Phi) is 3.56. The fourth-order valence-corrected chi connectivity index (χ4v) is 2.56. The zero-order chi connectivity index (χ0) is 14.3. The third-order valence-electron chi connectivity index (χ3n) is 3.51. The number of esters is 1. The molecule has 1 aromatic carbocycles. The van der Waals surface area contributed by atoms with Gasteiger partial charge in [0.25, 0.3) is 0 Å². The molecule has 0 spiro atoms. The number of anilines is 1. The molecule has 0 fully saturated rings. The number of aliphatic hydroxyl groups is 1. The standard InChI is InChI=1S/C14H16ClNO3/c1-7-5-9-10(6-8(7)2)16(3)12(13(9)17)11(15)14(18)19-4/h5-6,13,17H,1-4H3. The Labute approximate surface area is 117 Å².